The molecule has 0 aliphatic carbocycles. The summed E-state index contributed by atoms with van der Waals surface area (Å²) in [7, 11) is 0. The number of aryl methyl sites for hydroxylation is 2. The smallest absolute Gasteiger partial charge is 0.306 e. The molecular formula is C30H35FN2O3. The summed E-state index contributed by atoms with van der Waals surface area (Å²) in [5, 5.41) is 9.27. The van der Waals surface area contributed by atoms with Gasteiger partial charge in [-0.25, -0.2) is 4.39 Å². The molecule has 0 saturated heterocycles. The Labute approximate surface area is 212 Å². The first-order valence-corrected chi connectivity index (χ1v) is 12.8. The minimum absolute atomic E-state index is 0.113. The van der Waals surface area contributed by atoms with E-state index in [0.717, 1.165) is 71.7 Å². The minimum atomic E-state index is -0.798. The first-order valence-electron chi connectivity index (χ1n) is 12.8. The number of fused-ring (bicyclic) bond motifs is 1. The summed E-state index contributed by atoms with van der Waals surface area (Å²) in [5.74, 6) is -0.741. The van der Waals surface area contributed by atoms with Gasteiger partial charge in [-0.2, -0.15) is 0 Å². The van der Waals surface area contributed by atoms with Gasteiger partial charge in [0.25, 0.3) is 0 Å². The second-order valence-electron chi connectivity index (χ2n) is 9.71. The highest BCUT2D eigenvalue weighted by Crippen LogP contribution is 2.38. The average Bonchev–Trinajstić information content (AvgIpc) is 2.88. The van der Waals surface area contributed by atoms with Crippen LogP contribution >= 0.6 is 0 Å². The average molecular weight is 491 g/mol. The minimum Gasteiger partial charge on any atom is -0.485 e. The zero-order valence-electron chi connectivity index (χ0n) is 21.6. The molecule has 4 rings (SSSR count). The molecule has 0 saturated carbocycles. The number of ether oxygens (including phenoxy) is 1. The van der Waals surface area contributed by atoms with Crippen LogP contribution in [0.3, 0.4) is 0 Å². The first kappa shape index (κ1) is 25.8. The summed E-state index contributed by atoms with van der Waals surface area (Å²) in [6, 6.07) is 14.1. The Bertz CT molecular complexity index is 1240. The molecule has 1 aliphatic heterocycles. The van der Waals surface area contributed by atoms with Gasteiger partial charge < -0.3 is 9.84 Å². The number of hydrogen-bond acceptors (Lipinski definition) is 4. The van der Waals surface area contributed by atoms with E-state index in [0.29, 0.717) is 12.0 Å². The molecule has 1 aromatic heterocycles. The van der Waals surface area contributed by atoms with Crippen LogP contribution in [0.1, 0.15) is 61.2 Å². The number of carboxylic acid groups (broad SMARTS) is 1. The fourth-order valence-electron chi connectivity index (χ4n) is 4.86. The van der Waals surface area contributed by atoms with Crippen LogP contribution in [0, 0.1) is 18.7 Å². The largest absolute Gasteiger partial charge is 0.485 e. The van der Waals surface area contributed by atoms with E-state index < -0.39 is 11.9 Å². The summed E-state index contributed by atoms with van der Waals surface area (Å²) < 4.78 is 21.3. The van der Waals surface area contributed by atoms with Gasteiger partial charge in [0.1, 0.15) is 17.7 Å². The van der Waals surface area contributed by atoms with E-state index in [2.05, 4.69) is 35.9 Å². The molecule has 2 heterocycles. The van der Waals surface area contributed by atoms with E-state index in [1.807, 2.05) is 37.3 Å². The van der Waals surface area contributed by atoms with Gasteiger partial charge in [0.2, 0.25) is 0 Å². The van der Waals surface area contributed by atoms with Crippen molar-refractivity contribution in [2.24, 2.45) is 5.92 Å². The third-order valence-corrected chi connectivity index (χ3v) is 7.11. The van der Waals surface area contributed by atoms with E-state index in [1.165, 1.54) is 6.20 Å². The van der Waals surface area contributed by atoms with Gasteiger partial charge in [0, 0.05) is 17.8 Å². The van der Waals surface area contributed by atoms with Crippen molar-refractivity contribution in [1.82, 2.24) is 9.88 Å². The predicted octanol–water partition coefficient (Wildman–Crippen LogP) is 6.37. The van der Waals surface area contributed by atoms with E-state index in [-0.39, 0.29) is 11.9 Å². The number of pyridine rings is 1. The van der Waals surface area contributed by atoms with Crippen LogP contribution in [0.2, 0.25) is 0 Å². The predicted molar refractivity (Wildman–Crippen MR) is 140 cm³/mol. The van der Waals surface area contributed by atoms with Crippen LogP contribution in [0.15, 0.2) is 48.7 Å². The summed E-state index contributed by atoms with van der Waals surface area (Å²) >= 11 is 0. The number of rotatable bonds is 9. The van der Waals surface area contributed by atoms with Crippen molar-refractivity contribution < 1.29 is 19.0 Å². The van der Waals surface area contributed by atoms with Crippen molar-refractivity contribution >= 4 is 5.97 Å². The Morgan fingerprint density at radius 1 is 1.17 bits per heavy atom. The molecule has 0 bridgehead atoms. The normalized spacial score (nSPS) is 15.9. The van der Waals surface area contributed by atoms with Gasteiger partial charge in [-0.3, -0.25) is 14.7 Å². The lowest BCUT2D eigenvalue weighted by Gasteiger charge is -2.28. The lowest BCUT2D eigenvalue weighted by molar-refractivity contribution is -0.141. The van der Waals surface area contributed by atoms with Crippen molar-refractivity contribution in [3.05, 3.63) is 82.4 Å². The van der Waals surface area contributed by atoms with Crippen LogP contribution in [-0.2, 0) is 24.2 Å². The molecule has 5 nitrogen and oxygen atoms in total. The van der Waals surface area contributed by atoms with Crippen LogP contribution in [0.25, 0.3) is 11.1 Å². The molecule has 0 spiro atoms. The Morgan fingerprint density at radius 3 is 2.67 bits per heavy atom. The van der Waals surface area contributed by atoms with E-state index in [9.17, 15) is 14.3 Å². The first-order chi connectivity index (χ1) is 17.3. The number of benzene rings is 2. The highest BCUT2D eigenvalue weighted by atomic mass is 19.1. The van der Waals surface area contributed by atoms with Gasteiger partial charge in [-0.1, -0.05) is 51.1 Å². The number of hydrogen-bond donors (Lipinski definition) is 1. The third kappa shape index (κ3) is 5.76. The van der Waals surface area contributed by atoms with Crippen LogP contribution in [-0.4, -0.2) is 34.0 Å². The van der Waals surface area contributed by atoms with Gasteiger partial charge in [0.05, 0.1) is 12.1 Å². The Balaban J connectivity index is 1.66. The second kappa shape index (κ2) is 11.2. The van der Waals surface area contributed by atoms with Crippen LogP contribution in [0.4, 0.5) is 4.39 Å². The fourth-order valence-corrected chi connectivity index (χ4v) is 4.86. The molecule has 6 heteroatoms. The lowest BCUT2D eigenvalue weighted by atomic mass is 9.91. The van der Waals surface area contributed by atoms with Crippen LogP contribution < -0.4 is 4.74 Å². The summed E-state index contributed by atoms with van der Waals surface area (Å²) in [5.41, 5.74) is 6.49. The molecule has 2 unspecified atom stereocenters. The molecule has 2 aromatic carbocycles. The fraction of sp³-hybridized carbons (Fsp3) is 0.400. The maximum absolute atomic E-state index is 14.8. The maximum Gasteiger partial charge on any atom is 0.306 e. The SMILES string of the molecule is CCN(CC)Cc1cc(C2CCc3ccc(CC(C)C(=O)O)cc3O2)ccc1-c1cc(C)ncc1F. The summed E-state index contributed by atoms with van der Waals surface area (Å²) in [6.45, 7) is 10.4. The topological polar surface area (TPSA) is 62.7 Å². The molecule has 0 amide bonds. The Kier molecular flexibility index (Phi) is 8.04. The van der Waals surface area contributed by atoms with Gasteiger partial charge in [-0.15, -0.1) is 0 Å². The number of carbonyl (C=O) groups is 1. The molecule has 36 heavy (non-hydrogen) atoms. The van der Waals surface area contributed by atoms with E-state index in [1.54, 1.807) is 6.92 Å². The number of carboxylic acids is 1. The number of aromatic nitrogens is 1. The number of aliphatic carboxylic acids is 1. The van der Waals surface area contributed by atoms with Crippen molar-refractivity contribution in [2.45, 2.75) is 59.6 Å². The van der Waals surface area contributed by atoms with E-state index in [4.69, 9.17) is 4.74 Å². The molecule has 1 N–H and O–H groups in total. The number of halogens is 1. The standard InChI is InChI=1S/C30H35FN2O3/c1-5-33(6-2)18-24-16-23(9-11-25(24)26-14-20(4)32-17-27(26)31)28-12-10-22-8-7-21(15-29(22)36-28)13-19(3)30(34)35/h7-9,11,14-17,19,28H,5-6,10,12-13,18H2,1-4H3,(H,34,35). The van der Waals surface area contributed by atoms with Gasteiger partial charge >= 0.3 is 5.97 Å². The zero-order chi connectivity index (χ0) is 25.8. The lowest BCUT2D eigenvalue weighted by Crippen LogP contribution is -2.23. The zero-order valence-corrected chi connectivity index (χ0v) is 21.6. The van der Waals surface area contributed by atoms with Gasteiger partial charge in [0.15, 0.2) is 0 Å². The molecular weight excluding hydrogens is 455 g/mol. The van der Waals surface area contributed by atoms with Crippen molar-refractivity contribution in [1.29, 1.82) is 0 Å². The Hall–Kier alpha value is -3.25. The quantitative estimate of drug-likeness (QED) is 0.378. The summed E-state index contributed by atoms with van der Waals surface area (Å²) in [6.07, 6.45) is 3.39. The molecule has 2 atom stereocenters. The van der Waals surface area contributed by atoms with Crippen molar-refractivity contribution in [3.8, 4) is 16.9 Å². The van der Waals surface area contributed by atoms with Gasteiger partial charge in [-0.05, 0) is 79.2 Å². The second-order valence-corrected chi connectivity index (χ2v) is 9.71. The maximum atomic E-state index is 14.8. The molecule has 0 fully saturated rings. The Morgan fingerprint density at radius 2 is 1.94 bits per heavy atom. The van der Waals surface area contributed by atoms with Crippen LogP contribution in [0.5, 0.6) is 5.75 Å². The highest BCUT2D eigenvalue weighted by molar-refractivity contribution is 5.70. The molecule has 190 valence electrons. The van der Waals surface area contributed by atoms with Crippen molar-refractivity contribution in [2.75, 3.05) is 13.1 Å². The van der Waals surface area contributed by atoms with E-state index >= 15 is 0 Å². The van der Waals surface area contributed by atoms with Crippen molar-refractivity contribution in [3.63, 3.8) is 0 Å². The molecule has 1 aliphatic rings. The highest BCUT2D eigenvalue weighted by Gasteiger charge is 2.24. The summed E-state index contributed by atoms with van der Waals surface area (Å²) in [4.78, 5) is 17.7. The number of nitrogens with zero attached hydrogens (tertiary/aromatic N) is 2. The molecule has 0 radical (unpaired) electrons. The third-order valence-electron chi connectivity index (χ3n) is 7.11. The monoisotopic (exact) mass is 490 g/mol. The molecule has 3 aromatic rings.